The zero-order valence-corrected chi connectivity index (χ0v) is 9.50. The van der Waals surface area contributed by atoms with Crippen molar-refractivity contribution in [3.8, 4) is 0 Å². The lowest BCUT2D eigenvalue weighted by molar-refractivity contribution is 0.191. The Balaban J connectivity index is 2.16. The summed E-state index contributed by atoms with van der Waals surface area (Å²) in [6.07, 6.45) is 5.61. The summed E-state index contributed by atoms with van der Waals surface area (Å²) < 4.78 is 0. The zero-order chi connectivity index (χ0) is 10.4. The van der Waals surface area contributed by atoms with E-state index in [4.69, 9.17) is 5.11 Å². The van der Waals surface area contributed by atoms with Crippen LogP contribution in [0.25, 0.3) is 0 Å². The van der Waals surface area contributed by atoms with Crippen LogP contribution in [0.5, 0.6) is 0 Å². The maximum Gasteiger partial charge on any atom is 0.0597 e. The molecule has 0 amide bonds. The summed E-state index contributed by atoms with van der Waals surface area (Å²) in [5.41, 5.74) is 0. The fourth-order valence-electron chi connectivity index (χ4n) is 2.32. The monoisotopic (exact) mass is 200 g/mol. The van der Waals surface area contributed by atoms with Crippen LogP contribution in [0.3, 0.4) is 0 Å². The van der Waals surface area contributed by atoms with E-state index in [0.29, 0.717) is 0 Å². The third kappa shape index (κ3) is 3.95. The fraction of sp³-hybridized carbons (Fsp3) is 1.00. The van der Waals surface area contributed by atoms with E-state index in [0.717, 1.165) is 12.5 Å². The topological polar surface area (TPSA) is 35.5 Å². The average molecular weight is 200 g/mol. The van der Waals surface area contributed by atoms with Gasteiger partial charge < -0.3 is 15.3 Å². The zero-order valence-electron chi connectivity index (χ0n) is 9.50. The quantitative estimate of drug-likeness (QED) is 0.662. The molecule has 1 rings (SSSR count). The second-order valence-corrected chi connectivity index (χ2v) is 4.54. The summed E-state index contributed by atoms with van der Waals surface area (Å²) in [6.45, 7) is 2.37. The molecule has 0 bridgehead atoms. The molecule has 1 saturated carbocycles. The molecule has 0 aromatic heterocycles. The van der Waals surface area contributed by atoms with Crippen LogP contribution in [0, 0.1) is 5.92 Å². The molecule has 0 saturated heterocycles. The third-order valence-electron chi connectivity index (χ3n) is 3.21. The maximum absolute atomic E-state index is 9.05. The van der Waals surface area contributed by atoms with Gasteiger partial charge in [0.2, 0.25) is 0 Å². The molecule has 3 heteroatoms. The first-order valence-corrected chi connectivity index (χ1v) is 5.73. The number of rotatable bonds is 6. The Kier molecular flexibility index (Phi) is 5.45. The Hall–Kier alpha value is -0.120. The van der Waals surface area contributed by atoms with Crippen LogP contribution in [0.4, 0.5) is 0 Å². The number of nitrogens with one attached hydrogen (secondary N) is 1. The van der Waals surface area contributed by atoms with E-state index in [1.165, 1.54) is 32.2 Å². The molecule has 1 atom stereocenters. The van der Waals surface area contributed by atoms with E-state index in [-0.39, 0.29) is 12.6 Å². The molecular formula is C11H24N2O. The second-order valence-electron chi connectivity index (χ2n) is 4.54. The van der Waals surface area contributed by atoms with Crippen molar-refractivity contribution in [2.45, 2.75) is 31.7 Å². The number of aliphatic hydroxyl groups is 1. The van der Waals surface area contributed by atoms with Crippen molar-refractivity contribution < 1.29 is 5.11 Å². The Morgan fingerprint density at radius 1 is 1.43 bits per heavy atom. The Morgan fingerprint density at radius 2 is 2.07 bits per heavy atom. The highest BCUT2D eigenvalue weighted by atomic mass is 16.3. The first-order chi connectivity index (χ1) is 6.76. The van der Waals surface area contributed by atoms with Gasteiger partial charge in [-0.05, 0) is 32.9 Å². The van der Waals surface area contributed by atoms with Crippen molar-refractivity contribution in [3.05, 3.63) is 0 Å². The SMILES string of the molecule is CNC(CO)CN(C)CC1CCCC1. The van der Waals surface area contributed by atoms with Gasteiger partial charge in [-0.1, -0.05) is 12.8 Å². The van der Waals surface area contributed by atoms with Crippen LogP contribution in [-0.2, 0) is 0 Å². The van der Waals surface area contributed by atoms with E-state index < -0.39 is 0 Å². The standard InChI is InChI=1S/C11H24N2O/c1-12-11(9-14)8-13(2)7-10-5-3-4-6-10/h10-12,14H,3-9H2,1-2H3. The van der Waals surface area contributed by atoms with Crippen LogP contribution < -0.4 is 5.32 Å². The largest absolute Gasteiger partial charge is 0.395 e. The summed E-state index contributed by atoms with van der Waals surface area (Å²) in [5.74, 6) is 0.899. The van der Waals surface area contributed by atoms with Gasteiger partial charge in [0.05, 0.1) is 6.61 Å². The number of nitrogens with zero attached hydrogens (tertiary/aromatic N) is 1. The molecule has 0 spiro atoms. The van der Waals surface area contributed by atoms with Gasteiger partial charge in [-0.25, -0.2) is 0 Å². The van der Waals surface area contributed by atoms with Crippen molar-refractivity contribution in [2.24, 2.45) is 5.92 Å². The van der Waals surface area contributed by atoms with Gasteiger partial charge in [0.25, 0.3) is 0 Å². The Bertz CT molecular complexity index is 138. The first-order valence-electron chi connectivity index (χ1n) is 5.73. The molecule has 0 aromatic carbocycles. The third-order valence-corrected chi connectivity index (χ3v) is 3.21. The molecule has 1 aliphatic rings. The molecule has 0 heterocycles. The lowest BCUT2D eigenvalue weighted by atomic mass is 10.1. The van der Waals surface area contributed by atoms with Gasteiger partial charge in [0.15, 0.2) is 0 Å². The minimum atomic E-state index is 0.224. The van der Waals surface area contributed by atoms with Gasteiger partial charge in [0, 0.05) is 19.1 Å². The Labute approximate surface area is 87.5 Å². The van der Waals surface area contributed by atoms with E-state index in [1.807, 2.05) is 7.05 Å². The molecule has 1 fully saturated rings. The number of aliphatic hydroxyl groups excluding tert-OH is 1. The minimum Gasteiger partial charge on any atom is -0.395 e. The number of hydrogen-bond donors (Lipinski definition) is 2. The van der Waals surface area contributed by atoms with Crippen LogP contribution in [-0.4, -0.2) is 49.8 Å². The number of likely N-dealkylation sites (N-methyl/N-ethyl adjacent to an activating group) is 2. The average Bonchev–Trinajstić information content (AvgIpc) is 2.66. The van der Waals surface area contributed by atoms with Crippen LogP contribution in [0.1, 0.15) is 25.7 Å². The van der Waals surface area contributed by atoms with Gasteiger partial charge in [-0.3, -0.25) is 0 Å². The second kappa shape index (κ2) is 6.38. The maximum atomic E-state index is 9.05. The molecule has 3 nitrogen and oxygen atoms in total. The van der Waals surface area contributed by atoms with Gasteiger partial charge in [-0.15, -0.1) is 0 Å². The summed E-state index contributed by atoms with van der Waals surface area (Å²) in [5, 5.41) is 12.2. The first kappa shape index (κ1) is 12.0. The van der Waals surface area contributed by atoms with E-state index in [2.05, 4.69) is 17.3 Å². The highest BCUT2D eigenvalue weighted by Crippen LogP contribution is 2.25. The molecule has 0 aliphatic heterocycles. The normalized spacial score (nSPS) is 20.6. The van der Waals surface area contributed by atoms with Gasteiger partial charge in [-0.2, -0.15) is 0 Å². The molecule has 14 heavy (non-hydrogen) atoms. The molecule has 1 aliphatic carbocycles. The van der Waals surface area contributed by atoms with Crippen LogP contribution >= 0.6 is 0 Å². The highest BCUT2D eigenvalue weighted by molar-refractivity contribution is 4.73. The van der Waals surface area contributed by atoms with Gasteiger partial charge >= 0.3 is 0 Å². The summed E-state index contributed by atoms with van der Waals surface area (Å²) in [4.78, 5) is 2.34. The molecule has 2 N–H and O–H groups in total. The molecule has 1 unspecified atom stereocenters. The van der Waals surface area contributed by atoms with Crippen molar-refractivity contribution >= 4 is 0 Å². The molecule has 84 valence electrons. The van der Waals surface area contributed by atoms with Crippen molar-refractivity contribution in [2.75, 3.05) is 33.8 Å². The summed E-state index contributed by atoms with van der Waals surface area (Å²) >= 11 is 0. The summed E-state index contributed by atoms with van der Waals surface area (Å²) in [6, 6.07) is 0.224. The molecule has 0 aromatic rings. The van der Waals surface area contributed by atoms with Gasteiger partial charge in [0.1, 0.15) is 0 Å². The lowest BCUT2D eigenvalue weighted by Crippen LogP contribution is -2.41. The van der Waals surface area contributed by atoms with Crippen molar-refractivity contribution in [3.63, 3.8) is 0 Å². The minimum absolute atomic E-state index is 0.224. The summed E-state index contributed by atoms with van der Waals surface area (Å²) in [7, 11) is 4.06. The predicted molar refractivity (Wildman–Crippen MR) is 59.4 cm³/mol. The molecule has 0 radical (unpaired) electrons. The van der Waals surface area contributed by atoms with Crippen molar-refractivity contribution in [1.29, 1.82) is 0 Å². The van der Waals surface area contributed by atoms with E-state index in [1.54, 1.807) is 0 Å². The highest BCUT2D eigenvalue weighted by Gasteiger charge is 2.17. The van der Waals surface area contributed by atoms with Crippen LogP contribution in [0.2, 0.25) is 0 Å². The van der Waals surface area contributed by atoms with Crippen LogP contribution in [0.15, 0.2) is 0 Å². The lowest BCUT2D eigenvalue weighted by Gasteiger charge is -2.24. The van der Waals surface area contributed by atoms with Crippen molar-refractivity contribution in [1.82, 2.24) is 10.2 Å². The Morgan fingerprint density at radius 3 is 2.57 bits per heavy atom. The predicted octanol–water partition coefficient (Wildman–Crippen LogP) is 0.689. The smallest absolute Gasteiger partial charge is 0.0597 e. The number of hydrogen-bond acceptors (Lipinski definition) is 3. The van der Waals surface area contributed by atoms with E-state index >= 15 is 0 Å². The van der Waals surface area contributed by atoms with E-state index in [9.17, 15) is 0 Å². The molecular weight excluding hydrogens is 176 g/mol. The fourth-order valence-corrected chi connectivity index (χ4v) is 2.32.